The van der Waals surface area contributed by atoms with Crippen LogP contribution in [-0.4, -0.2) is 14.4 Å². The van der Waals surface area contributed by atoms with E-state index in [9.17, 15) is 0 Å². The normalized spacial score (nSPS) is 14.5. The highest BCUT2D eigenvalue weighted by Gasteiger charge is 2.32. The van der Waals surface area contributed by atoms with Crippen molar-refractivity contribution in [3.8, 4) is 22.5 Å². The first-order chi connectivity index (χ1) is 27.8. The van der Waals surface area contributed by atoms with Gasteiger partial charge in [-0.25, -0.2) is 9.97 Å². The second kappa shape index (κ2) is 11.2. The zero-order chi connectivity index (χ0) is 36.5. The van der Waals surface area contributed by atoms with E-state index in [1.165, 1.54) is 92.7 Å². The number of aryl methyl sites for hydroxylation is 1. The molecule has 0 amide bonds. The molecule has 3 heterocycles. The molecule has 3 nitrogen and oxygen atoms in total. The van der Waals surface area contributed by atoms with Crippen molar-refractivity contribution in [3.63, 3.8) is 0 Å². The lowest BCUT2D eigenvalue weighted by Gasteiger charge is -2.22. The standard InChI is InChI=1S/C53H33N3/c1-4-14-36-31(11-1)21-22-34-29-35(25-26-38(34)36)53-54-46-19-9-7-17-41(46)50(55-53)43-28-24-32-12-2-5-15-37(32)44-30-45-40-27-23-33-13-3-6-16-39(33)51(40)56-47-20-10-8-18-42(47)49(48(43)44)52(45)56/h1-23,25-27,29-30,43H,24,28H2. The molecule has 56 heavy (non-hydrogen) atoms. The van der Waals surface area contributed by atoms with Crippen molar-refractivity contribution in [2.75, 3.05) is 0 Å². The third-order valence-electron chi connectivity index (χ3n) is 12.7. The van der Waals surface area contributed by atoms with Gasteiger partial charge in [-0.3, -0.25) is 0 Å². The van der Waals surface area contributed by atoms with Gasteiger partial charge in [-0.05, 0) is 86.3 Å². The number of benzene rings is 9. The summed E-state index contributed by atoms with van der Waals surface area (Å²) in [5, 5.41) is 13.9. The van der Waals surface area contributed by atoms with E-state index in [0.29, 0.717) is 0 Å². The maximum atomic E-state index is 5.66. The smallest absolute Gasteiger partial charge is 0.160 e. The van der Waals surface area contributed by atoms with Crippen molar-refractivity contribution in [3.05, 3.63) is 187 Å². The van der Waals surface area contributed by atoms with Gasteiger partial charge in [-0.1, -0.05) is 146 Å². The summed E-state index contributed by atoms with van der Waals surface area (Å²) in [6.07, 6.45) is 1.90. The summed E-state index contributed by atoms with van der Waals surface area (Å²) in [7, 11) is 0. The Morgan fingerprint density at radius 3 is 2.05 bits per heavy atom. The molecule has 1 aliphatic rings. The van der Waals surface area contributed by atoms with Gasteiger partial charge in [0.25, 0.3) is 0 Å². The Morgan fingerprint density at radius 1 is 0.464 bits per heavy atom. The zero-order valence-electron chi connectivity index (χ0n) is 30.5. The first-order valence-electron chi connectivity index (χ1n) is 19.7. The van der Waals surface area contributed by atoms with Gasteiger partial charge in [0.05, 0.1) is 27.8 Å². The third-order valence-corrected chi connectivity index (χ3v) is 12.7. The fourth-order valence-electron chi connectivity index (χ4n) is 10.3. The molecule has 0 saturated heterocycles. The summed E-state index contributed by atoms with van der Waals surface area (Å²) < 4.78 is 2.56. The van der Waals surface area contributed by atoms with Gasteiger partial charge in [-0.15, -0.1) is 0 Å². The van der Waals surface area contributed by atoms with Crippen LogP contribution in [0.15, 0.2) is 170 Å². The van der Waals surface area contributed by atoms with Gasteiger partial charge in [-0.2, -0.15) is 0 Å². The van der Waals surface area contributed by atoms with Crippen LogP contribution in [0, 0.1) is 0 Å². The summed E-state index contributed by atoms with van der Waals surface area (Å²) in [5.41, 5.74) is 12.4. The van der Waals surface area contributed by atoms with Gasteiger partial charge in [0.1, 0.15) is 0 Å². The molecule has 1 atom stereocenters. The molecule has 1 unspecified atom stereocenters. The summed E-state index contributed by atoms with van der Waals surface area (Å²) in [6.45, 7) is 0. The molecule has 0 radical (unpaired) electrons. The molecule has 0 spiro atoms. The van der Waals surface area contributed by atoms with E-state index in [2.05, 4.69) is 174 Å². The Labute approximate surface area is 322 Å². The van der Waals surface area contributed by atoms with Gasteiger partial charge < -0.3 is 4.40 Å². The predicted molar refractivity (Wildman–Crippen MR) is 234 cm³/mol. The Kier molecular flexibility index (Phi) is 6.06. The van der Waals surface area contributed by atoms with Crippen LogP contribution in [0.5, 0.6) is 0 Å². The topological polar surface area (TPSA) is 30.2 Å². The fraction of sp³-hybridized carbons (Fsp3) is 0.0566. The maximum Gasteiger partial charge on any atom is 0.160 e. The summed E-state index contributed by atoms with van der Waals surface area (Å²) in [6, 6.07) is 62.6. The number of hydrogen-bond donors (Lipinski definition) is 0. The average molecular weight is 712 g/mol. The summed E-state index contributed by atoms with van der Waals surface area (Å²) in [5.74, 6) is 0.803. The van der Waals surface area contributed by atoms with Crippen molar-refractivity contribution in [2.45, 2.75) is 18.8 Å². The quantitative estimate of drug-likeness (QED) is 0.167. The molecule has 3 heteroatoms. The first kappa shape index (κ1) is 30.3. The van der Waals surface area contributed by atoms with E-state index < -0.39 is 0 Å². The highest BCUT2D eigenvalue weighted by molar-refractivity contribution is 6.29. The molecule has 0 saturated carbocycles. The lowest BCUT2D eigenvalue weighted by Crippen LogP contribution is -2.08. The second-order valence-corrected chi connectivity index (χ2v) is 15.6. The van der Waals surface area contributed by atoms with Gasteiger partial charge in [0.2, 0.25) is 0 Å². The van der Waals surface area contributed by atoms with E-state index in [-0.39, 0.29) is 5.92 Å². The SMILES string of the molecule is c1ccc2c(c1)CCC(c1nc(-c3ccc4c(ccc5ccccc54)c3)nc3ccccc13)c1c-2cc2c3ccc4ccccc4c3n3c4ccccc4c1c23. The molecule has 1 aliphatic carbocycles. The van der Waals surface area contributed by atoms with Crippen molar-refractivity contribution >= 4 is 81.3 Å². The fourth-order valence-corrected chi connectivity index (χ4v) is 10.3. The molecule has 0 aliphatic heterocycles. The molecule has 0 N–H and O–H groups in total. The highest BCUT2D eigenvalue weighted by atomic mass is 14.9. The van der Waals surface area contributed by atoms with Crippen molar-refractivity contribution in [1.82, 2.24) is 14.4 Å². The van der Waals surface area contributed by atoms with Crippen LogP contribution in [0.4, 0.5) is 0 Å². The lowest BCUT2D eigenvalue weighted by molar-refractivity contribution is 0.715. The molecule has 12 aromatic rings. The van der Waals surface area contributed by atoms with E-state index in [1.54, 1.807) is 0 Å². The van der Waals surface area contributed by atoms with E-state index >= 15 is 0 Å². The molecular formula is C53H33N3. The van der Waals surface area contributed by atoms with Crippen LogP contribution in [0.1, 0.15) is 29.2 Å². The third kappa shape index (κ3) is 4.07. The number of rotatable bonds is 2. The molecule has 13 rings (SSSR count). The van der Waals surface area contributed by atoms with Gasteiger partial charge >= 0.3 is 0 Å². The van der Waals surface area contributed by atoms with E-state index in [1.807, 2.05) is 0 Å². The summed E-state index contributed by atoms with van der Waals surface area (Å²) in [4.78, 5) is 10.9. The number of fused-ring (bicyclic) bond motifs is 16. The number of para-hydroxylation sites is 2. The Morgan fingerprint density at radius 2 is 1.14 bits per heavy atom. The van der Waals surface area contributed by atoms with Crippen LogP contribution >= 0.6 is 0 Å². The van der Waals surface area contributed by atoms with Crippen molar-refractivity contribution in [1.29, 1.82) is 0 Å². The predicted octanol–water partition coefficient (Wildman–Crippen LogP) is 13.7. The average Bonchev–Trinajstić information content (AvgIpc) is 3.72. The number of nitrogens with zero attached hydrogens (tertiary/aromatic N) is 3. The lowest BCUT2D eigenvalue weighted by atomic mass is 9.83. The Balaban J connectivity index is 1.15. The molecule has 260 valence electrons. The van der Waals surface area contributed by atoms with E-state index in [4.69, 9.17) is 9.97 Å². The first-order valence-corrected chi connectivity index (χ1v) is 19.7. The molecule has 0 bridgehead atoms. The minimum atomic E-state index is 0.0298. The van der Waals surface area contributed by atoms with Crippen LogP contribution in [0.2, 0.25) is 0 Å². The van der Waals surface area contributed by atoms with Crippen LogP contribution in [-0.2, 0) is 6.42 Å². The van der Waals surface area contributed by atoms with Gasteiger partial charge in [0, 0.05) is 43.8 Å². The van der Waals surface area contributed by atoms with Crippen molar-refractivity contribution < 1.29 is 0 Å². The van der Waals surface area contributed by atoms with Crippen molar-refractivity contribution in [2.24, 2.45) is 0 Å². The van der Waals surface area contributed by atoms with Crippen LogP contribution < -0.4 is 0 Å². The molecule has 0 fully saturated rings. The van der Waals surface area contributed by atoms with Gasteiger partial charge in [0.15, 0.2) is 5.82 Å². The zero-order valence-corrected chi connectivity index (χ0v) is 30.5. The largest absolute Gasteiger partial charge is 0.307 e. The Bertz CT molecular complexity index is 3610. The molecular weight excluding hydrogens is 679 g/mol. The Hall–Kier alpha value is -7.10. The molecule has 9 aromatic carbocycles. The number of aromatic nitrogens is 3. The maximum absolute atomic E-state index is 5.66. The van der Waals surface area contributed by atoms with E-state index in [0.717, 1.165) is 40.8 Å². The molecule has 3 aromatic heterocycles. The minimum absolute atomic E-state index is 0.0298. The highest BCUT2D eigenvalue weighted by Crippen LogP contribution is 2.52. The number of hydrogen-bond acceptors (Lipinski definition) is 2. The summed E-state index contributed by atoms with van der Waals surface area (Å²) >= 11 is 0. The minimum Gasteiger partial charge on any atom is -0.307 e. The van der Waals surface area contributed by atoms with Crippen LogP contribution in [0.25, 0.3) is 104 Å². The second-order valence-electron chi connectivity index (χ2n) is 15.6. The monoisotopic (exact) mass is 711 g/mol. The van der Waals surface area contributed by atoms with Crippen LogP contribution in [0.3, 0.4) is 0 Å².